The number of sulfone groups is 1. The lowest BCUT2D eigenvalue weighted by Crippen LogP contribution is -2.29. The molecule has 0 amide bonds. The first-order chi connectivity index (χ1) is 12.0. The highest BCUT2D eigenvalue weighted by Gasteiger charge is 2.42. The van der Waals surface area contributed by atoms with Crippen LogP contribution < -0.4 is 0 Å². The molecule has 7 heteroatoms. The molecular formula is C19H16Cl2O4S. The van der Waals surface area contributed by atoms with Crippen LogP contribution in [-0.2, 0) is 19.4 Å². The van der Waals surface area contributed by atoms with Gasteiger partial charge in [0.05, 0.1) is 10.5 Å². The molecule has 1 aliphatic rings. The molecule has 0 radical (unpaired) electrons. The Morgan fingerprint density at radius 2 is 1.46 bits per heavy atom. The van der Waals surface area contributed by atoms with E-state index in [4.69, 9.17) is 27.9 Å². The van der Waals surface area contributed by atoms with Crippen LogP contribution in [0.3, 0.4) is 0 Å². The number of Topliss-reactive ketones (excluding diaryl/α,β-unsaturated/α-hetero) is 1. The average molecular weight is 411 g/mol. The minimum Gasteiger partial charge on any atom is -0.478 e. The van der Waals surface area contributed by atoms with Crippen molar-refractivity contribution in [2.24, 2.45) is 0 Å². The summed E-state index contributed by atoms with van der Waals surface area (Å²) in [6.07, 6.45) is 1.14. The Hall–Kier alpha value is -1.82. The van der Waals surface area contributed by atoms with Crippen LogP contribution in [0.25, 0.3) is 11.3 Å². The molecule has 0 N–H and O–H groups in total. The van der Waals surface area contributed by atoms with Crippen molar-refractivity contribution >= 4 is 50.2 Å². The van der Waals surface area contributed by atoms with Gasteiger partial charge in [0.15, 0.2) is 15.4 Å². The standard InChI is InChI=1S/C19H16Cl2O4S/c1-19(2)18(22)16(12-8-13(20)10-14(21)9-12)17(25-19)11-4-6-15(7-5-11)26(3,23)24/h4-10H,1-3H3. The van der Waals surface area contributed by atoms with Crippen molar-refractivity contribution < 1.29 is 17.9 Å². The monoisotopic (exact) mass is 410 g/mol. The van der Waals surface area contributed by atoms with Crippen molar-refractivity contribution in [3.63, 3.8) is 0 Å². The third-order valence-electron chi connectivity index (χ3n) is 4.05. The Labute approximate surface area is 162 Å². The van der Waals surface area contributed by atoms with Crippen LogP contribution in [-0.4, -0.2) is 26.1 Å². The molecule has 0 atom stereocenters. The minimum atomic E-state index is -3.31. The van der Waals surface area contributed by atoms with E-state index in [1.54, 1.807) is 44.2 Å². The molecule has 4 nitrogen and oxygen atoms in total. The van der Waals surface area contributed by atoms with Gasteiger partial charge in [-0.05, 0) is 61.9 Å². The molecule has 3 rings (SSSR count). The quantitative estimate of drug-likeness (QED) is 0.738. The maximum Gasteiger partial charge on any atom is 0.210 e. The fourth-order valence-corrected chi connectivity index (χ4v) is 3.93. The Bertz CT molecular complexity index is 1020. The van der Waals surface area contributed by atoms with E-state index in [1.807, 2.05) is 0 Å². The number of ketones is 1. The van der Waals surface area contributed by atoms with E-state index >= 15 is 0 Å². The second kappa shape index (κ2) is 6.41. The van der Waals surface area contributed by atoms with Crippen molar-refractivity contribution in [3.8, 4) is 0 Å². The maximum atomic E-state index is 12.9. The van der Waals surface area contributed by atoms with Crippen molar-refractivity contribution in [3.05, 3.63) is 63.6 Å². The Kier molecular flexibility index (Phi) is 4.67. The summed E-state index contributed by atoms with van der Waals surface area (Å²) >= 11 is 12.2. The number of carbonyl (C=O) groups excluding carboxylic acids is 1. The topological polar surface area (TPSA) is 60.4 Å². The highest BCUT2D eigenvalue weighted by molar-refractivity contribution is 7.90. The van der Waals surface area contributed by atoms with E-state index in [0.717, 1.165) is 6.26 Å². The minimum absolute atomic E-state index is 0.192. The highest BCUT2D eigenvalue weighted by Crippen LogP contribution is 2.42. The summed E-state index contributed by atoms with van der Waals surface area (Å²) in [5, 5.41) is 0.813. The Morgan fingerprint density at radius 3 is 1.96 bits per heavy atom. The summed E-state index contributed by atoms with van der Waals surface area (Å²) in [5.74, 6) is 0.177. The van der Waals surface area contributed by atoms with Gasteiger partial charge in [-0.15, -0.1) is 0 Å². The molecule has 1 aliphatic heterocycles. The van der Waals surface area contributed by atoms with Crippen molar-refractivity contribution in [2.45, 2.75) is 24.3 Å². The number of benzene rings is 2. The van der Waals surface area contributed by atoms with Crippen LogP contribution in [0.4, 0.5) is 0 Å². The SMILES string of the molecule is CC1(C)OC(c2ccc(S(C)(=O)=O)cc2)=C(c2cc(Cl)cc(Cl)c2)C1=O. The molecule has 0 bridgehead atoms. The van der Waals surface area contributed by atoms with E-state index in [-0.39, 0.29) is 10.7 Å². The van der Waals surface area contributed by atoms with Gasteiger partial charge in [-0.1, -0.05) is 23.2 Å². The van der Waals surface area contributed by atoms with Crippen LogP contribution in [0.2, 0.25) is 10.0 Å². The molecule has 26 heavy (non-hydrogen) atoms. The zero-order valence-corrected chi connectivity index (χ0v) is 16.7. The van der Waals surface area contributed by atoms with Crippen molar-refractivity contribution in [2.75, 3.05) is 6.26 Å². The number of hydrogen-bond donors (Lipinski definition) is 0. The van der Waals surface area contributed by atoms with Crippen LogP contribution in [0.1, 0.15) is 25.0 Å². The van der Waals surface area contributed by atoms with E-state index < -0.39 is 15.4 Å². The van der Waals surface area contributed by atoms with Crippen molar-refractivity contribution in [1.29, 1.82) is 0 Å². The summed E-state index contributed by atoms with van der Waals surface area (Å²) in [5.41, 5.74) is 0.476. The number of carbonyl (C=O) groups is 1. The molecule has 0 saturated heterocycles. The first-order valence-electron chi connectivity index (χ1n) is 7.74. The number of rotatable bonds is 3. The van der Waals surface area contributed by atoms with Gasteiger partial charge >= 0.3 is 0 Å². The number of ether oxygens (including phenoxy) is 1. The zero-order valence-electron chi connectivity index (χ0n) is 14.3. The zero-order chi connectivity index (χ0) is 19.3. The highest BCUT2D eigenvalue weighted by atomic mass is 35.5. The van der Waals surface area contributed by atoms with Gasteiger partial charge in [-0.3, -0.25) is 4.79 Å². The van der Waals surface area contributed by atoms with Crippen LogP contribution >= 0.6 is 23.2 Å². The maximum absolute atomic E-state index is 12.9. The molecule has 1 heterocycles. The summed E-state index contributed by atoms with van der Waals surface area (Å²) in [7, 11) is -3.31. The van der Waals surface area contributed by atoms with Crippen LogP contribution in [0.15, 0.2) is 47.4 Å². The van der Waals surface area contributed by atoms with Crippen molar-refractivity contribution in [1.82, 2.24) is 0 Å². The summed E-state index contributed by atoms with van der Waals surface area (Å²) in [6, 6.07) is 11.1. The number of hydrogen-bond acceptors (Lipinski definition) is 4. The van der Waals surface area contributed by atoms with Gasteiger partial charge in [0.2, 0.25) is 5.78 Å². The second-order valence-corrected chi connectivity index (χ2v) is 9.49. The summed E-state index contributed by atoms with van der Waals surface area (Å²) in [6.45, 7) is 3.36. The predicted octanol–water partition coefficient (Wildman–Crippen LogP) is 4.64. The van der Waals surface area contributed by atoms with Gasteiger partial charge in [0, 0.05) is 21.9 Å². The van der Waals surface area contributed by atoms with Crippen LogP contribution in [0.5, 0.6) is 0 Å². The summed E-state index contributed by atoms with van der Waals surface area (Å²) < 4.78 is 29.2. The molecule has 0 fully saturated rings. The molecule has 2 aromatic carbocycles. The van der Waals surface area contributed by atoms with E-state index in [9.17, 15) is 13.2 Å². The fourth-order valence-electron chi connectivity index (χ4n) is 2.77. The first kappa shape index (κ1) is 19.0. The van der Waals surface area contributed by atoms with Crippen LogP contribution in [0, 0.1) is 0 Å². The molecule has 0 spiro atoms. The Balaban J connectivity index is 2.20. The first-order valence-corrected chi connectivity index (χ1v) is 10.4. The average Bonchev–Trinajstić information content (AvgIpc) is 2.76. The van der Waals surface area contributed by atoms with Gasteiger partial charge in [0.1, 0.15) is 5.76 Å². The van der Waals surface area contributed by atoms with E-state index in [1.165, 1.54) is 12.1 Å². The number of halogens is 2. The van der Waals surface area contributed by atoms with Gasteiger partial charge in [-0.25, -0.2) is 8.42 Å². The lowest BCUT2D eigenvalue weighted by atomic mass is 9.92. The molecule has 0 saturated carbocycles. The molecular weight excluding hydrogens is 395 g/mol. The second-order valence-electron chi connectivity index (χ2n) is 6.60. The molecule has 0 aliphatic carbocycles. The van der Waals surface area contributed by atoms with E-state index in [0.29, 0.717) is 32.5 Å². The van der Waals surface area contributed by atoms with E-state index in [2.05, 4.69) is 0 Å². The fraction of sp³-hybridized carbons (Fsp3) is 0.211. The largest absolute Gasteiger partial charge is 0.478 e. The molecule has 136 valence electrons. The Morgan fingerprint density at radius 1 is 0.923 bits per heavy atom. The molecule has 2 aromatic rings. The van der Waals surface area contributed by atoms with Gasteiger partial charge in [-0.2, -0.15) is 0 Å². The lowest BCUT2D eigenvalue weighted by molar-refractivity contribution is -0.125. The normalized spacial score (nSPS) is 16.7. The summed E-state index contributed by atoms with van der Waals surface area (Å²) in [4.78, 5) is 13.1. The molecule has 0 unspecified atom stereocenters. The van der Waals surface area contributed by atoms with Gasteiger partial charge in [0.25, 0.3) is 0 Å². The molecule has 0 aromatic heterocycles. The third-order valence-corrected chi connectivity index (χ3v) is 5.62. The van der Waals surface area contributed by atoms with Gasteiger partial charge < -0.3 is 4.74 Å². The lowest BCUT2D eigenvalue weighted by Gasteiger charge is -2.17. The smallest absolute Gasteiger partial charge is 0.210 e. The predicted molar refractivity (Wildman–Crippen MR) is 103 cm³/mol. The third kappa shape index (κ3) is 3.52.